The Bertz CT molecular complexity index is 860. The molecule has 1 unspecified atom stereocenters. The molecule has 3 aromatic rings. The van der Waals surface area contributed by atoms with Crippen LogP contribution in [-0.2, 0) is 6.42 Å². The van der Waals surface area contributed by atoms with E-state index in [1.807, 2.05) is 42.1 Å². The fraction of sp³-hybridized carbons (Fsp3) is 0.316. The molecule has 8 heteroatoms. The SMILES string of the molecule is O=C(NC(Cc1ccccc1)c1nnc(N2CCSCC2)o1)c1ccco1. The molecule has 0 spiro atoms. The van der Waals surface area contributed by atoms with E-state index in [-0.39, 0.29) is 11.7 Å². The van der Waals surface area contributed by atoms with Gasteiger partial charge in [-0.25, -0.2) is 0 Å². The fourth-order valence-electron chi connectivity index (χ4n) is 2.94. The lowest BCUT2D eigenvalue weighted by Gasteiger charge is -2.24. The topological polar surface area (TPSA) is 84.4 Å². The fourth-order valence-corrected chi connectivity index (χ4v) is 3.84. The Morgan fingerprint density at radius 3 is 2.70 bits per heavy atom. The number of anilines is 1. The van der Waals surface area contributed by atoms with Gasteiger partial charge in [0, 0.05) is 31.0 Å². The number of aromatic nitrogens is 2. The van der Waals surface area contributed by atoms with Crippen LogP contribution in [0.2, 0.25) is 0 Å². The van der Waals surface area contributed by atoms with E-state index < -0.39 is 6.04 Å². The largest absolute Gasteiger partial charge is 0.459 e. The summed E-state index contributed by atoms with van der Waals surface area (Å²) in [7, 11) is 0. The van der Waals surface area contributed by atoms with E-state index in [4.69, 9.17) is 8.83 Å². The minimum absolute atomic E-state index is 0.251. The van der Waals surface area contributed by atoms with Crippen LogP contribution in [0.4, 0.5) is 6.01 Å². The normalized spacial score (nSPS) is 15.5. The van der Waals surface area contributed by atoms with Gasteiger partial charge in [-0.05, 0) is 17.7 Å². The molecule has 1 atom stereocenters. The smallest absolute Gasteiger partial charge is 0.318 e. The summed E-state index contributed by atoms with van der Waals surface area (Å²) in [6.45, 7) is 1.77. The molecule has 7 nitrogen and oxygen atoms in total. The van der Waals surface area contributed by atoms with Crippen LogP contribution in [0, 0.1) is 0 Å². The first-order valence-corrected chi connectivity index (χ1v) is 9.99. The first kappa shape index (κ1) is 17.7. The Hall–Kier alpha value is -2.74. The van der Waals surface area contributed by atoms with E-state index in [0.717, 1.165) is 30.2 Å². The third-order valence-electron chi connectivity index (χ3n) is 4.34. The van der Waals surface area contributed by atoms with Crippen LogP contribution in [0.3, 0.4) is 0 Å². The van der Waals surface area contributed by atoms with E-state index in [9.17, 15) is 4.79 Å². The first-order chi connectivity index (χ1) is 13.3. The number of rotatable bonds is 6. The van der Waals surface area contributed by atoms with Crippen LogP contribution < -0.4 is 10.2 Å². The highest BCUT2D eigenvalue weighted by atomic mass is 32.2. The zero-order valence-corrected chi connectivity index (χ0v) is 15.5. The third kappa shape index (κ3) is 4.33. The van der Waals surface area contributed by atoms with Crippen molar-refractivity contribution in [3.8, 4) is 0 Å². The highest BCUT2D eigenvalue weighted by Crippen LogP contribution is 2.23. The van der Waals surface area contributed by atoms with Crippen LogP contribution >= 0.6 is 11.8 Å². The van der Waals surface area contributed by atoms with Gasteiger partial charge in [0.25, 0.3) is 5.91 Å². The van der Waals surface area contributed by atoms with Crippen LogP contribution in [0.15, 0.2) is 57.6 Å². The van der Waals surface area contributed by atoms with Crippen molar-refractivity contribution >= 4 is 23.7 Å². The van der Waals surface area contributed by atoms with Crippen molar-refractivity contribution in [1.82, 2.24) is 15.5 Å². The summed E-state index contributed by atoms with van der Waals surface area (Å²) >= 11 is 1.92. The molecule has 1 aliphatic rings. The van der Waals surface area contributed by atoms with Crippen molar-refractivity contribution in [2.45, 2.75) is 12.5 Å². The average molecular weight is 384 g/mol. The summed E-state index contributed by atoms with van der Waals surface area (Å²) in [5.74, 6) is 2.42. The number of nitrogens with one attached hydrogen (secondary N) is 1. The zero-order valence-electron chi connectivity index (χ0n) is 14.7. The van der Waals surface area contributed by atoms with Crippen LogP contribution in [-0.4, -0.2) is 40.7 Å². The number of carbonyl (C=O) groups is 1. The summed E-state index contributed by atoms with van der Waals surface area (Å²) in [5, 5.41) is 11.4. The molecule has 0 saturated carbocycles. The van der Waals surface area contributed by atoms with E-state index in [2.05, 4.69) is 20.4 Å². The number of hydrogen-bond donors (Lipinski definition) is 1. The lowest BCUT2D eigenvalue weighted by Crippen LogP contribution is -2.32. The Kier molecular flexibility index (Phi) is 5.43. The number of hydrogen-bond acceptors (Lipinski definition) is 7. The van der Waals surface area contributed by atoms with Crippen molar-refractivity contribution in [2.75, 3.05) is 29.5 Å². The average Bonchev–Trinajstić information content (AvgIpc) is 3.41. The minimum Gasteiger partial charge on any atom is -0.459 e. The lowest BCUT2D eigenvalue weighted by molar-refractivity contribution is 0.0902. The summed E-state index contributed by atoms with van der Waals surface area (Å²) in [6.07, 6.45) is 2.02. The van der Waals surface area contributed by atoms with Crippen molar-refractivity contribution in [1.29, 1.82) is 0 Å². The van der Waals surface area contributed by atoms with Gasteiger partial charge >= 0.3 is 6.01 Å². The highest BCUT2D eigenvalue weighted by Gasteiger charge is 2.25. The summed E-state index contributed by atoms with van der Waals surface area (Å²) in [5.41, 5.74) is 1.07. The van der Waals surface area contributed by atoms with Gasteiger partial charge in [-0.1, -0.05) is 35.4 Å². The molecule has 1 aliphatic heterocycles. The lowest BCUT2D eigenvalue weighted by atomic mass is 10.1. The van der Waals surface area contributed by atoms with E-state index in [0.29, 0.717) is 18.3 Å². The van der Waals surface area contributed by atoms with Crippen molar-refractivity contribution in [3.63, 3.8) is 0 Å². The second-order valence-corrected chi connectivity index (χ2v) is 7.44. The predicted molar refractivity (Wildman–Crippen MR) is 103 cm³/mol. The summed E-state index contributed by atoms with van der Waals surface area (Å²) in [6, 6.07) is 13.3. The molecule has 0 radical (unpaired) electrons. The van der Waals surface area contributed by atoms with E-state index >= 15 is 0 Å². The van der Waals surface area contributed by atoms with Gasteiger partial charge < -0.3 is 19.1 Å². The maximum Gasteiger partial charge on any atom is 0.318 e. The van der Waals surface area contributed by atoms with Gasteiger partial charge in [0.2, 0.25) is 5.89 Å². The molecule has 1 aromatic carbocycles. The third-order valence-corrected chi connectivity index (χ3v) is 5.29. The van der Waals surface area contributed by atoms with Gasteiger partial charge in [0.05, 0.1) is 6.26 Å². The standard InChI is InChI=1S/C19H20N4O3S/c24-17(16-7-4-10-25-16)20-15(13-14-5-2-1-3-6-14)18-21-22-19(26-18)23-8-11-27-12-9-23/h1-7,10,15H,8-9,11-13H2,(H,20,24). The molecular formula is C19H20N4O3S. The number of amides is 1. The quantitative estimate of drug-likeness (QED) is 0.699. The number of thioether (sulfide) groups is 1. The minimum atomic E-state index is -0.439. The molecule has 2 aromatic heterocycles. The Morgan fingerprint density at radius 2 is 1.96 bits per heavy atom. The van der Waals surface area contributed by atoms with E-state index in [1.165, 1.54) is 6.26 Å². The second-order valence-electron chi connectivity index (χ2n) is 6.22. The maximum atomic E-state index is 12.5. The molecule has 3 heterocycles. The molecule has 1 fully saturated rings. The van der Waals surface area contributed by atoms with Crippen molar-refractivity contribution < 1.29 is 13.6 Å². The molecule has 1 amide bonds. The van der Waals surface area contributed by atoms with Crippen molar-refractivity contribution in [2.24, 2.45) is 0 Å². The van der Waals surface area contributed by atoms with Gasteiger partial charge in [-0.15, -0.1) is 5.10 Å². The number of carbonyl (C=O) groups excluding carboxylic acids is 1. The molecule has 27 heavy (non-hydrogen) atoms. The van der Waals surface area contributed by atoms with Gasteiger partial charge in [0.1, 0.15) is 6.04 Å². The Labute approximate surface area is 161 Å². The summed E-state index contributed by atoms with van der Waals surface area (Å²) in [4.78, 5) is 14.6. The molecule has 0 bridgehead atoms. The molecule has 1 saturated heterocycles. The monoisotopic (exact) mass is 384 g/mol. The molecule has 4 rings (SSSR count). The number of nitrogens with zero attached hydrogens (tertiary/aromatic N) is 3. The zero-order chi connectivity index (χ0) is 18.5. The summed E-state index contributed by atoms with van der Waals surface area (Å²) < 4.78 is 11.1. The van der Waals surface area contributed by atoms with Crippen molar-refractivity contribution in [3.05, 3.63) is 65.9 Å². The second kappa shape index (κ2) is 8.30. The van der Waals surface area contributed by atoms with Crippen LogP contribution in [0.5, 0.6) is 0 Å². The van der Waals surface area contributed by atoms with Gasteiger partial charge in [-0.3, -0.25) is 4.79 Å². The Balaban J connectivity index is 1.55. The predicted octanol–water partition coefficient (Wildman–Crippen LogP) is 2.93. The van der Waals surface area contributed by atoms with Crippen LogP contribution in [0.1, 0.15) is 28.1 Å². The number of furan rings is 1. The van der Waals surface area contributed by atoms with E-state index in [1.54, 1.807) is 12.1 Å². The van der Waals surface area contributed by atoms with Gasteiger partial charge in [0.15, 0.2) is 5.76 Å². The molecule has 1 N–H and O–H groups in total. The number of benzene rings is 1. The highest BCUT2D eigenvalue weighted by molar-refractivity contribution is 7.99. The Morgan fingerprint density at radius 1 is 1.15 bits per heavy atom. The molecule has 140 valence electrons. The van der Waals surface area contributed by atoms with Gasteiger partial charge in [-0.2, -0.15) is 11.8 Å². The maximum absolute atomic E-state index is 12.5. The molecule has 0 aliphatic carbocycles. The van der Waals surface area contributed by atoms with Crippen LogP contribution in [0.25, 0.3) is 0 Å². The first-order valence-electron chi connectivity index (χ1n) is 8.84. The molecular weight excluding hydrogens is 364 g/mol.